The topological polar surface area (TPSA) is 58.6 Å². The van der Waals surface area contributed by atoms with E-state index in [1.165, 1.54) is 0 Å². The van der Waals surface area contributed by atoms with Crippen molar-refractivity contribution in [3.05, 3.63) is 34.9 Å². The number of hydrogen-bond acceptors (Lipinski definition) is 3. The summed E-state index contributed by atoms with van der Waals surface area (Å²) in [6.45, 7) is 4.78. The fourth-order valence-corrected chi connectivity index (χ4v) is 1.46. The molecule has 4 nitrogen and oxygen atoms in total. The molecule has 94 valence electrons. The summed E-state index contributed by atoms with van der Waals surface area (Å²) in [5, 5.41) is 12.5. The Balaban J connectivity index is 2.65. The van der Waals surface area contributed by atoms with Gasteiger partial charge in [0.15, 0.2) is 6.10 Å². The third kappa shape index (κ3) is 3.84. The van der Waals surface area contributed by atoms with Crippen LogP contribution in [0, 0.1) is 13.8 Å². The van der Waals surface area contributed by atoms with Crippen LogP contribution in [0.5, 0.6) is 0 Å². The molecule has 17 heavy (non-hydrogen) atoms. The fourth-order valence-electron chi connectivity index (χ4n) is 1.46. The predicted molar refractivity (Wildman–Crippen MR) is 65.8 cm³/mol. The molecule has 1 rings (SSSR count). The molecule has 0 aromatic heterocycles. The molecule has 0 aliphatic rings. The van der Waals surface area contributed by atoms with Gasteiger partial charge in [-0.3, -0.25) is 4.79 Å². The van der Waals surface area contributed by atoms with Crippen LogP contribution in [0.4, 0.5) is 0 Å². The molecule has 1 amide bonds. The van der Waals surface area contributed by atoms with Gasteiger partial charge in [-0.2, -0.15) is 0 Å². The van der Waals surface area contributed by atoms with E-state index in [0.717, 1.165) is 11.1 Å². The average Bonchev–Trinajstić information content (AvgIpc) is 2.32. The Labute approximate surface area is 102 Å². The second-order valence-corrected chi connectivity index (χ2v) is 4.03. The summed E-state index contributed by atoms with van der Waals surface area (Å²) < 4.78 is 4.82. The number of carbonyl (C=O) groups is 1. The van der Waals surface area contributed by atoms with Crippen molar-refractivity contribution in [1.29, 1.82) is 0 Å². The fraction of sp³-hybridized carbons (Fsp3) is 0.462. The SMILES string of the molecule is COCCNC(=O)C(O)c1ccc(C)c(C)c1. The molecule has 0 fully saturated rings. The Bertz CT molecular complexity index is 390. The van der Waals surface area contributed by atoms with E-state index in [2.05, 4.69) is 5.32 Å². The number of benzene rings is 1. The van der Waals surface area contributed by atoms with Crippen LogP contribution in [0.15, 0.2) is 18.2 Å². The highest BCUT2D eigenvalue weighted by Crippen LogP contribution is 2.17. The number of nitrogens with one attached hydrogen (secondary N) is 1. The lowest BCUT2D eigenvalue weighted by molar-refractivity contribution is -0.129. The predicted octanol–water partition coefficient (Wildman–Crippen LogP) is 1.10. The zero-order chi connectivity index (χ0) is 12.8. The summed E-state index contributed by atoms with van der Waals surface area (Å²) in [5.74, 6) is -0.398. The maximum atomic E-state index is 11.6. The Morgan fingerprint density at radius 3 is 2.71 bits per heavy atom. The number of ether oxygens (including phenoxy) is 1. The highest BCUT2D eigenvalue weighted by atomic mass is 16.5. The third-order valence-corrected chi connectivity index (χ3v) is 2.70. The summed E-state index contributed by atoms with van der Waals surface area (Å²) in [4.78, 5) is 11.6. The van der Waals surface area contributed by atoms with Gasteiger partial charge >= 0.3 is 0 Å². The first-order valence-corrected chi connectivity index (χ1v) is 5.58. The van der Waals surface area contributed by atoms with E-state index in [-0.39, 0.29) is 0 Å². The maximum absolute atomic E-state index is 11.6. The Kier molecular flexibility index (Phi) is 5.12. The van der Waals surface area contributed by atoms with Crippen molar-refractivity contribution < 1.29 is 14.6 Å². The van der Waals surface area contributed by atoms with E-state index >= 15 is 0 Å². The van der Waals surface area contributed by atoms with E-state index in [4.69, 9.17) is 4.74 Å². The van der Waals surface area contributed by atoms with Gasteiger partial charge in [-0.1, -0.05) is 18.2 Å². The Hall–Kier alpha value is -1.39. The lowest BCUT2D eigenvalue weighted by atomic mass is 10.0. The number of hydrogen-bond donors (Lipinski definition) is 2. The highest BCUT2D eigenvalue weighted by Gasteiger charge is 2.16. The first-order valence-electron chi connectivity index (χ1n) is 5.58. The average molecular weight is 237 g/mol. The molecule has 1 atom stereocenters. The quantitative estimate of drug-likeness (QED) is 0.754. The maximum Gasteiger partial charge on any atom is 0.253 e. The molecule has 0 radical (unpaired) electrons. The minimum absolute atomic E-state index is 0.398. The van der Waals surface area contributed by atoms with Crippen LogP contribution in [-0.4, -0.2) is 31.3 Å². The smallest absolute Gasteiger partial charge is 0.253 e. The lowest BCUT2D eigenvalue weighted by Crippen LogP contribution is -2.31. The monoisotopic (exact) mass is 237 g/mol. The summed E-state index contributed by atoms with van der Waals surface area (Å²) >= 11 is 0. The molecule has 1 aromatic rings. The molecule has 4 heteroatoms. The van der Waals surface area contributed by atoms with Crippen molar-refractivity contribution in [2.75, 3.05) is 20.3 Å². The van der Waals surface area contributed by atoms with Crippen LogP contribution >= 0.6 is 0 Å². The van der Waals surface area contributed by atoms with E-state index < -0.39 is 12.0 Å². The minimum Gasteiger partial charge on any atom is -0.383 e. The van der Waals surface area contributed by atoms with E-state index in [1.54, 1.807) is 13.2 Å². The van der Waals surface area contributed by atoms with Crippen LogP contribution in [0.1, 0.15) is 22.8 Å². The molecule has 0 aliphatic carbocycles. The summed E-state index contributed by atoms with van der Waals surface area (Å²) in [6.07, 6.45) is -1.12. The van der Waals surface area contributed by atoms with Gasteiger partial charge in [0.25, 0.3) is 5.91 Å². The summed E-state index contributed by atoms with van der Waals surface area (Å²) in [6, 6.07) is 5.50. The van der Waals surface area contributed by atoms with Crippen molar-refractivity contribution in [3.63, 3.8) is 0 Å². The lowest BCUT2D eigenvalue weighted by Gasteiger charge is -2.12. The molecular weight excluding hydrogens is 218 g/mol. The van der Waals surface area contributed by atoms with E-state index in [9.17, 15) is 9.90 Å². The molecule has 0 bridgehead atoms. The van der Waals surface area contributed by atoms with Crippen molar-refractivity contribution >= 4 is 5.91 Å². The van der Waals surface area contributed by atoms with Crippen molar-refractivity contribution in [2.45, 2.75) is 20.0 Å². The molecule has 0 heterocycles. The Morgan fingerprint density at radius 1 is 1.41 bits per heavy atom. The zero-order valence-electron chi connectivity index (χ0n) is 10.5. The van der Waals surface area contributed by atoms with Crippen LogP contribution in [0.25, 0.3) is 0 Å². The Morgan fingerprint density at radius 2 is 2.12 bits per heavy atom. The number of carbonyl (C=O) groups excluding carboxylic acids is 1. The van der Waals surface area contributed by atoms with Gasteiger partial charge < -0.3 is 15.2 Å². The molecule has 0 spiro atoms. The summed E-state index contributed by atoms with van der Waals surface area (Å²) in [7, 11) is 1.56. The second kappa shape index (κ2) is 6.37. The molecule has 0 saturated heterocycles. The molecule has 1 aromatic carbocycles. The number of aryl methyl sites for hydroxylation is 2. The molecule has 0 saturated carbocycles. The van der Waals surface area contributed by atoms with Crippen molar-refractivity contribution in [2.24, 2.45) is 0 Å². The van der Waals surface area contributed by atoms with Crippen molar-refractivity contribution in [1.82, 2.24) is 5.32 Å². The molecule has 2 N–H and O–H groups in total. The number of aliphatic hydroxyl groups is 1. The molecular formula is C13H19NO3. The molecule has 0 aliphatic heterocycles. The van der Waals surface area contributed by atoms with Gasteiger partial charge in [-0.05, 0) is 30.5 Å². The minimum atomic E-state index is -1.12. The van der Waals surface area contributed by atoms with Crippen LogP contribution in [0.3, 0.4) is 0 Å². The third-order valence-electron chi connectivity index (χ3n) is 2.70. The van der Waals surface area contributed by atoms with Crippen LogP contribution < -0.4 is 5.32 Å². The van der Waals surface area contributed by atoms with Gasteiger partial charge in [-0.15, -0.1) is 0 Å². The first-order chi connectivity index (χ1) is 8.06. The van der Waals surface area contributed by atoms with Crippen LogP contribution in [0.2, 0.25) is 0 Å². The van der Waals surface area contributed by atoms with Gasteiger partial charge in [0.05, 0.1) is 6.61 Å². The normalized spacial score (nSPS) is 12.2. The number of aliphatic hydroxyl groups excluding tert-OH is 1. The number of rotatable bonds is 5. The largest absolute Gasteiger partial charge is 0.383 e. The van der Waals surface area contributed by atoms with Crippen LogP contribution in [-0.2, 0) is 9.53 Å². The standard InChI is InChI=1S/C13H19NO3/c1-9-4-5-11(8-10(9)2)12(15)13(16)14-6-7-17-3/h4-5,8,12,15H,6-7H2,1-3H3,(H,14,16). The first kappa shape index (κ1) is 13.7. The van der Waals surface area contributed by atoms with E-state index in [1.807, 2.05) is 26.0 Å². The van der Waals surface area contributed by atoms with Crippen molar-refractivity contribution in [3.8, 4) is 0 Å². The van der Waals surface area contributed by atoms with Gasteiger partial charge in [0.2, 0.25) is 0 Å². The van der Waals surface area contributed by atoms with Gasteiger partial charge in [0.1, 0.15) is 0 Å². The second-order valence-electron chi connectivity index (χ2n) is 4.03. The highest BCUT2D eigenvalue weighted by molar-refractivity contribution is 5.81. The van der Waals surface area contributed by atoms with Gasteiger partial charge in [0, 0.05) is 13.7 Å². The zero-order valence-corrected chi connectivity index (χ0v) is 10.5. The molecule has 1 unspecified atom stereocenters. The van der Waals surface area contributed by atoms with E-state index in [0.29, 0.717) is 18.7 Å². The summed E-state index contributed by atoms with van der Waals surface area (Å²) in [5.41, 5.74) is 2.81. The van der Waals surface area contributed by atoms with Gasteiger partial charge in [-0.25, -0.2) is 0 Å². The number of methoxy groups -OCH3 is 1. The number of amides is 1.